The number of fused-ring (bicyclic) bond motifs is 1. The highest BCUT2D eigenvalue weighted by Gasteiger charge is 2.38. The van der Waals surface area contributed by atoms with Crippen molar-refractivity contribution in [3.8, 4) is 12.1 Å². The van der Waals surface area contributed by atoms with Crippen molar-refractivity contribution >= 4 is 41.7 Å². The number of benzene rings is 2. The topological polar surface area (TPSA) is 112 Å². The summed E-state index contributed by atoms with van der Waals surface area (Å²) in [5.41, 5.74) is 10.8. The molecule has 1 aromatic heterocycles. The summed E-state index contributed by atoms with van der Waals surface area (Å²) in [6.07, 6.45) is 5.93. The minimum absolute atomic E-state index is 0.00730. The van der Waals surface area contributed by atoms with E-state index in [9.17, 15) is 10.5 Å². The molecule has 3 aromatic rings. The Bertz CT molecular complexity index is 1510. The van der Waals surface area contributed by atoms with E-state index in [1.165, 1.54) is 0 Å². The first-order valence-electron chi connectivity index (χ1n) is 12.7. The molecule has 0 bridgehead atoms. The van der Waals surface area contributed by atoms with Crippen molar-refractivity contribution < 1.29 is 0 Å². The van der Waals surface area contributed by atoms with Gasteiger partial charge >= 0.3 is 0 Å². The second kappa shape index (κ2) is 9.76. The zero-order valence-corrected chi connectivity index (χ0v) is 22.7. The third kappa shape index (κ3) is 5.08. The van der Waals surface area contributed by atoms with Gasteiger partial charge in [0.05, 0.1) is 44.6 Å². The number of nitrogens with one attached hydrogen (secondary N) is 4. The standard InChI is InChI=1S/C28H30BClN8/c1-27(2,3)16-34-25-18(13-32)14-33-26-22(25)10-20(11-23(26)30)35-28(29,19-6-4-5-17(9-19)12-31)24-15-38(37-36-24)21-7-8-21/h4-6,9-11,14-15,21,35-37H,7-8,16,29H2,1-3H3,(H,33,34). The Labute approximate surface area is 229 Å². The molecular weight excluding hydrogens is 495 g/mol. The molecule has 0 saturated heterocycles. The highest BCUT2D eigenvalue weighted by molar-refractivity contribution is 6.36. The predicted molar refractivity (Wildman–Crippen MR) is 154 cm³/mol. The first kappa shape index (κ1) is 25.7. The number of rotatable bonds is 7. The Kier molecular flexibility index (Phi) is 6.60. The number of hydrogen-bond acceptors (Lipinski definition) is 8. The van der Waals surface area contributed by atoms with Crippen molar-refractivity contribution in [3.05, 3.63) is 76.2 Å². The van der Waals surface area contributed by atoms with Gasteiger partial charge in [-0.15, -0.1) is 5.53 Å². The van der Waals surface area contributed by atoms with Crippen LogP contribution in [0.15, 0.2) is 54.5 Å². The number of aromatic nitrogens is 1. The van der Waals surface area contributed by atoms with Gasteiger partial charge in [0, 0.05) is 36.1 Å². The normalized spacial score (nSPS) is 16.7. The van der Waals surface area contributed by atoms with Crippen molar-refractivity contribution in [2.24, 2.45) is 5.41 Å². The maximum Gasteiger partial charge on any atom is 0.148 e. The molecule has 2 heterocycles. The maximum atomic E-state index is 9.82. The SMILES string of the molecule is BC(Nc1cc(Cl)c2ncc(C#N)c(NCC(C)(C)C)c2c1)(C1=CN(C2CC2)NN1)c1cccc(C#N)c1. The highest BCUT2D eigenvalue weighted by atomic mass is 35.5. The van der Waals surface area contributed by atoms with E-state index >= 15 is 0 Å². The molecule has 0 amide bonds. The van der Waals surface area contributed by atoms with Gasteiger partial charge in [-0.3, -0.25) is 9.99 Å². The molecule has 1 atom stereocenters. The number of anilines is 2. The van der Waals surface area contributed by atoms with Gasteiger partial charge in [0.25, 0.3) is 0 Å². The molecule has 2 aliphatic rings. The van der Waals surface area contributed by atoms with Crippen molar-refractivity contribution in [2.75, 3.05) is 17.2 Å². The maximum absolute atomic E-state index is 9.82. The number of pyridine rings is 1. The Morgan fingerprint density at radius 3 is 2.66 bits per heavy atom. The van der Waals surface area contributed by atoms with Crippen LogP contribution in [0.2, 0.25) is 5.02 Å². The molecule has 1 unspecified atom stereocenters. The van der Waals surface area contributed by atoms with Crippen LogP contribution in [0.1, 0.15) is 50.3 Å². The van der Waals surface area contributed by atoms with Gasteiger partial charge in [0.1, 0.15) is 13.9 Å². The predicted octanol–water partition coefficient (Wildman–Crippen LogP) is 4.32. The van der Waals surface area contributed by atoms with E-state index in [1.54, 1.807) is 12.3 Å². The summed E-state index contributed by atoms with van der Waals surface area (Å²) in [4.78, 5) is 4.49. The van der Waals surface area contributed by atoms with Crippen LogP contribution in [0, 0.1) is 28.1 Å². The number of hydrogen-bond donors (Lipinski definition) is 4. The molecule has 0 spiro atoms. The van der Waals surface area contributed by atoms with E-state index in [-0.39, 0.29) is 5.41 Å². The Hall–Kier alpha value is -3.92. The minimum atomic E-state index is -0.736. The second-order valence-electron chi connectivity index (χ2n) is 11.3. The fourth-order valence-corrected chi connectivity index (χ4v) is 4.84. The van der Waals surface area contributed by atoms with Gasteiger partial charge in [-0.2, -0.15) is 10.5 Å². The summed E-state index contributed by atoms with van der Waals surface area (Å²) in [5, 5.41) is 29.9. The third-order valence-electron chi connectivity index (χ3n) is 6.87. The van der Waals surface area contributed by atoms with E-state index < -0.39 is 5.44 Å². The largest absolute Gasteiger partial charge is 0.383 e. The number of hydrazine groups is 2. The van der Waals surface area contributed by atoms with Crippen LogP contribution >= 0.6 is 11.6 Å². The van der Waals surface area contributed by atoms with Crippen molar-refractivity contribution in [1.29, 1.82) is 10.5 Å². The van der Waals surface area contributed by atoms with Crippen LogP contribution in [-0.4, -0.2) is 30.4 Å². The van der Waals surface area contributed by atoms with Gasteiger partial charge in [-0.25, -0.2) is 0 Å². The summed E-state index contributed by atoms with van der Waals surface area (Å²) in [6, 6.07) is 16.4. The van der Waals surface area contributed by atoms with Gasteiger partial charge in [0.15, 0.2) is 0 Å². The van der Waals surface area contributed by atoms with E-state index in [1.807, 2.05) is 30.3 Å². The smallest absolute Gasteiger partial charge is 0.148 e. The van der Waals surface area contributed by atoms with Gasteiger partial charge in [-0.1, -0.05) is 44.5 Å². The summed E-state index contributed by atoms with van der Waals surface area (Å²) in [6.45, 7) is 7.08. The summed E-state index contributed by atoms with van der Waals surface area (Å²) in [5.74, 6) is 0. The monoisotopic (exact) mass is 524 g/mol. The minimum Gasteiger partial charge on any atom is -0.383 e. The molecule has 192 valence electrons. The van der Waals surface area contributed by atoms with E-state index in [0.29, 0.717) is 39.9 Å². The molecule has 1 aliphatic heterocycles. The molecule has 1 aliphatic carbocycles. The first-order valence-corrected chi connectivity index (χ1v) is 13.1. The fourth-order valence-electron chi connectivity index (χ4n) is 4.58. The summed E-state index contributed by atoms with van der Waals surface area (Å²) < 4.78 is 0. The van der Waals surface area contributed by atoms with Crippen LogP contribution in [0.3, 0.4) is 0 Å². The van der Waals surface area contributed by atoms with Crippen molar-refractivity contribution in [2.45, 2.75) is 45.1 Å². The van der Waals surface area contributed by atoms with Gasteiger partial charge in [0.2, 0.25) is 0 Å². The Morgan fingerprint density at radius 2 is 1.97 bits per heavy atom. The van der Waals surface area contributed by atoms with Crippen LogP contribution < -0.4 is 21.6 Å². The Morgan fingerprint density at radius 1 is 1.18 bits per heavy atom. The van der Waals surface area contributed by atoms with E-state index in [4.69, 9.17) is 11.6 Å². The molecule has 38 heavy (non-hydrogen) atoms. The lowest BCUT2D eigenvalue weighted by atomic mass is 9.69. The number of halogens is 1. The lowest BCUT2D eigenvalue weighted by molar-refractivity contribution is 0.260. The third-order valence-corrected chi connectivity index (χ3v) is 7.16. The summed E-state index contributed by atoms with van der Waals surface area (Å²) >= 11 is 6.77. The zero-order chi connectivity index (χ0) is 27.1. The molecule has 4 N–H and O–H groups in total. The van der Waals surface area contributed by atoms with Crippen LogP contribution in [0.4, 0.5) is 11.4 Å². The van der Waals surface area contributed by atoms with E-state index in [0.717, 1.165) is 35.2 Å². The molecule has 1 saturated carbocycles. The zero-order valence-electron chi connectivity index (χ0n) is 22.0. The second-order valence-corrected chi connectivity index (χ2v) is 11.7. The van der Waals surface area contributed by atoms with Crippen LogP contribution in [0.5, 0.6) is 0 Å². The molecule has 0 radical (unpaired) electrons. The molecule has 5 rings (SSSR count). The summed E-state index contributed by atoms with van der Waals surface area (Å²) in [7, 11) is 2.07. The first-order chi connectivity index (χ1) is 18.1. The lowest BCUT2D eigenvalue weighted by Crippen LogP contribution is -2.45. The lowest BCUT2D eigenvalue weighted by Gasteiger charge is -2.34. The van der Waals surface area contributed by atoms with Crippen molar-refractivity contribution in [1.82, 2.24) is 21.0 Å². The van der Waals surface area contributed by atoms with Crippen molar-refractivity contribution in [3.63, 3.8) is 0 Å². The highest BCUT2D eigenvalue weighted by Crippen LogP contribution is 2.38. The number of nitriles is 2. The van der Waals surface area contributed by atoms with Gasteiger partial charge < -0.3 is 16.1 Å². The van der Waals surface area contributed by atoms with Crippen LogP contribution in [0.25, 0.3) is 10.9 Å². The molecule has 2 aromatic carbocycles. The molecule has 1 fully saturated rings. The average Bonchev–Trinajstić information content (AvgIpc) is 3.62. The van der Waals surface area contributed by atoms with Gasteiger partial charge in [-0.05, 0) is 48.1 Å². The van der Waals surface area contributed by atoms with Crippen LogP contribution in [-0.2, 0) is 5.44 Å². The fraction of sp³-hybridized carbons (Fsp3) is 0.321. The number of nitrogens with zero attached hydrogens (tertiary/aromatic N) is 4. The molecule has 10 heteroatoms. The Balaban J connectivity index is 1.61. The molecule has 8 nitrogen and oxygen atoms in total. The molecular formula is C28H30BClN8. The quantitative estimate of drug-likeness (QED) is 0.338. The average molecular weight is 525 g/mol. The van der Waals surface area contributed by atoms with E-state index in [2.05, 4.69) is 78.5 Å².